The van der Waals surface area contributed by atoms with Gasteiger partial charge in [-0.1, -0.05) is 31.2 Å². The second kappa shape index (κ2) is 3.81. The van der Waals surface area contributed by atoms with Crippen molar-refractivity contribution in [3.8, 4) is 0 Å². The third-order valence-electron chi connectivity index (χ3n) is 3.34. The molecule has 0 aromatic heterocycles. The van der Waals surface area contributed by atoms with Crippen LogP contribution < -0.4 is 0 Å². The van der Waals surface area contributed by atoms with E-state index in [1.165, 1.54) is 0 Å². The molecule has 0 spiro atoms. The van der Waals surface area contributed by atoms with Gasteiger partial charge < -0.3 is 0 Å². The van der Waals surface area contributed by atoms with Crippen molar-refractivity contribution in [1.29, 1.82) is 0 Å². The fourth-order valence-electron chi connectivity index (χ4n) is 2.47. The molecule has 1 aromatic rings. The molecule has 0 N–H and O–H groups in total. The van der Waals surface area contributed by atoms with Crippen LogP contribution in [-0.4, -0.2) is 12.0 Å². The minimum atomic E-state index is 0.266. The van der Waals surface area contributed by atoms with Crippen molar-refractivity contribution < 1.29 is 4.79 Å². The number of hydrogen-bond donors (Lipinski definition) is 0. The smallest absolute Gasteiger partial charge is 0.149 e. The van der Waals surface area contributed by atoms with Gasteiger partial charge in [-0.3, -0.25) is 9.79 Å². The maximum absolute atomic E-state index is 11.0. The maximum Gasteiger partial charge on any atom is 0.149 e. The van der Waals surface area contributed by atoms with Crippen LogP contribution in [0.4, 0.5) is 5.69 Å². The number of benzene rings is 1. The van der Waals surface area contributed by atoms with Gasteiger partial charge in [0.25, 0.3) is 0 Å². The fraction of sp³-hybridized carbons (Fsp3) is 0.200. The average molecular weight is 223 g/mol. The minimum absolute atomic E-state index is 0.266. The first-order valence-corrected chi connectivity index (χ1v) is 5.90. The molecular weight excluding hydrogens is 210 g/mol. The quantitative estimate of drug-likeness (QED) is 0.707. The van der Waals surface area contributed by atoms with Gasteiger partial charge in [-0.25, -0.2) is 0 Å². The Labute approximate surface area is 100 Å². The van der Waals surface area contributed by atoms with Gasteiger partial charge >= 0.3 is 0 Å². The van der Waals surface area contributed by atoms with Gasteiger partial charge in [0.05, 0.1) is 11.4 Å². The first-order chi connectivity index (χ1) is 8.33. The topological polar surface area (TPSA) is 29.4 Å². The zero-order valence-electron chi connectivity index (χ0n) is 9.68. The monoisotopic (exact) mass is 223 g/mol. The summed E-state index contributed by atoms with van der Waals surface area (Å²) in [7, 11) is 0. The molecule has 1 aliphatic heterocycles. The van der Waals surface area contributed by atoms with E-state index in [2.05, 4.69) is 18.0 Å². The van der Waals surface area contributed by atoms with Gasteiger partial charge in [-0.05, 0) is 18.6 Å². The van der Waals surface area contributed by atoms with Crippen molar-refractivity contribution in [3.05, 3.63) is 47.6 Å². The molecule has 1 atom stereocenters. The van der Waals surface area contributed by atoms with Crippen molar-refractivity contribution in [3.63, 3.8) is 0 Å². The molecule has 0 radical (unpaired) electrons. The molecular formula is C15H13NO. The maximum atomic E-state index is 11.0. The number of para-hydroxylation sites is 1. The molecule has 1 heterocycles. The molecule has 0 fully saturated rings. The van der Waals surface area contributed by atoms with Crippen LogP contribution in [0.5, 0.6) is 0 Å². The minimum Gasteiger partial charge on any atom is -0.298 e. The lowest BCUT2D eigenvalue weighted by Gasteiger charge is -2.17. The van der Waals surface area contributed by atoms with Gasteiger partial charge in [-0.2, -0.15) is 0 Å². The number of fused-ring (bicyclic) bond motifs is 3. The summed E-state index contributed by atoms with van der Waals surface area (Å²) in [6, 6.07) is 8.10. The Balaban J connectivity index is 2.18. The second-order valence-corrected chi connectivity index (χ2v) is 4.37. The Morgan fingerprint density at radius 3 is 2.94 bits per heavy atom. The highest BCUT2D eigenvalue weighted by Crippen LogP contribution is 2.40. The molecule has 2 nitrogen and oxygen atoms in total. The number of aldehydes is 1. The van der Waals surface area contributed by atoms with Crippen molar-refractivity contribution in [2.24, 2.45) is 10.9 Å². The predicted octanol–water partition coefficient (Wildman–Crippen LogP) is 3.32. The van der Waals surface area contributed by atoms with E-state index in [1.54, 1.807) is 0 Å². The van der Waals surface area contributed by atoms with E-state index in [9.17, 15) is 4.79 Å². The van der Waals surface area contributed by atoms with Gasteiger partial charge in [0.15, 0.2) is 0 Å². The van der Waals surface area contributed by atoms with Crippen molar-refractivity contribution >= 4 is 23.3 Å². The number of carbonyl (C=O) groups is 1. The molecule has 84 valence electrons. The Hall–Kier alpha value is -1.96. The van der Waals surface area contributed by atoms with Crippen LogP contribution >= 0.6 is 0 Å². The lowest BCUT2D eigenvalue weighted by atomic mass is 9.85. The van der Waals surface area contributed by atoms with Gasteiger partial charge in [0.1, 0.15) is 6.29 Å². The van der Waals surface area contributed by atoms with Crippen LogP contribution in [0.15, 0.2) is 47.0 Å². The molecule has 0 saturated carbocycles. The van der Waals surface area contributed by atoms with Gasteiger partial charge in [-0.15, -0.1) is 0 Å². The van der Waals surface area contributed by atoms with Crippen LogP contribution in [0.1, 0.15) is 18.9 Å². The number of hydrogen-bond acceptors (Lipinski definition) is 2. The lowest BCUT2D eigenvalue weighted by molar-refractivity contribution is -0.104. The summed E-state index contributed by atoms with van der Waals surface area (Å²) >= 11 is 0. The second-order valence-electron chi connectivity index (χ2n) is 4.37. The standard InChI is InChI=1S/C15H13NO/c1-2-11-7-10(9-17)8-13-12-5-3-4-6-14(12)16-15(11)13/h3-9,11H,2H2,1H3. The van der Waals surface area contributed by atoms with Crippen LogP contribution in [0.2, 0.25) is 0 Å². The largest absolute Gasteiger partial charge is 0.298 e. The fourth-order valence-corrected chi connectivity index (χ4v) is 2.47. The van der Waals surface area contributed by atoms with E-state index in [0.717, 1.165) is 40.8 Å². The van der Waals surface area contributed by atoms with Crippen LogP contribution in [0.3, 0.4) is 0 Å². The normalized spacial score (nSPS) is 21.0. The van der Waals surface area contributed by atoms with E-state index in [0.29, 0.717) is 0 Å². The number of nitrogens with zero attached hydrogens (tertiary/aromatic N) is 1. The Kier molecular flexibility index (Phi) is 2.29. The van der Waals surface area contributed by atoms with Crippen LogP contribution in [0, 0.1) is 5.92 Å². The summed E-state index contributed by atoms with van der Waals surface area (Å²) in [5, 5.41) is 0. The Morgan fingerprint density at radius 1 is 1.35 bits per heavy atom. The number of rotatable bonds is 2. The highest BCUT2D eigenvalue weighted by Gasteiger charge is 2.28. The molecule has 1 aromatic carbocycles. The Bertz CT molecular complexity index is 578. The highest BCUT2D eigenvalue weighted by atomic mass is 16.1. The number of aliphatic imine (C=N–C) groups is 1. The molecule has 3 rings (SSSR count). The van der Waals surface area contributed by atoms with Crippen molar-refractivity contribution in [2.45, 2.75) is 13.3 Å². The molecule has 0 bridgehead atoms. The molecule has 1 unspecified atom stereocenters. The van der Waals surface area contributed by atoms with E-state index in [1.807, 2.05) is 30.4 Å². The zero-order valence-corrected chi connectivity index (χ0v) is 9.68. The summed E-state index contributed by atoms with van der Waals surface area (Å²) in [4.78, 5) is 15.7. The van der Waals surface area contributed by atoms with Crippen LogP contribution in [-0.2, 0) is 4.79 Å². The highest BCUT2D eigenvalue weighted by molar-refractivity contribution is 6.32. The van der Waals surface area contributed by atoms with E-state index in [-0.39, 0.29) is 5.92 Å². The summed E-state index contributed by atoms with van der Waals surface area (Å²) in [5.74, 6) is 0.266. The van der Waals surface area contributed by atoms with E-state index >= 15 is 0 Å². The molecule has 0 amide bonds. The molecule has 2 aliphatic rings. The SMILES string of the molecule is CCC1C=C(C=O)C=C2C1=Nc1ccccc12. The molecule has 0 saturated heterocycles. The summed E-state index contributed by atoms with van der Waals surface area (Å²) in [6.07, 6.45) is 5.86. The average Bonchev–Trinajstić information content (AvgIpc) is 2.76. The third-order valence-corrected chi connectivity index (χ3v) is 3.34. The predicted molar refractivity (Wildman–Crippen MR) is 69.4 cm³/mol. The zero-order chi connectivity index (χ0) is 11.8. The van der Waals surface area contributed by atoms with Gasteiger partial charge in [0, 0.05) is 22.6 Å². The van der Waals surface area contributed by atoms with Crippen LogP contribution in [0.25, 0.3) is 5.57 Å². The van der Waals surface area contributed by atoms with Crippen molar-refractivity contribution in [2.75, 3.05) is 0 Å². The number of carbonyl (C=O) groups excluding carboxylic acids is 1. The van der Waals surface area contributed by atoms with E-state index < -0.39 is 0 Å². The van der Waals surface area contributed by atoms with Crippen molar-refractivity contribution in [1.82, 2.24) is 0 Å². The molecule has 1 aliphatic carbocycles. The number of allylic oxidation sites excluding steroid dienone is 4. The summed E-state index contributed by atoms with van der Waals surface area (Å²) < 4.78 is 0. The summed E-state index contributed by atoms with van der Waals surface area (Å²) in [5.41, 5.74) is 5.17. The Morgan fingerprint density at radius 2 is 2.18 bits per heavy atom. The van der Waals surface area contributed by atoms with Gasteiger partial charge in [0.2, 0.25) is 0 Å². The summed E-state index contributed by atoms with van der Waals surface area (Å²) in [6.45, 7) is 2.12. The van der Waals surface area contributed by atoms with E-state index in [4.69, 9.17) is 0 Å². The first-order valence-electron chi connectivity index (χ1n) is 5.90. The lowest BCUT2D eigenvalue weighted by Crippen LogP contribution is -2.15. The third kappa shape index (κ3) is 1.48. The molecule has 17 heavy (non-hydrogen) atoms. The first kappa shape index (κ1) is 10.2. The molecule has 2 heteroatoms.